The Balaban J connectivity index is 1.76. The number of rotatable bonds is 5. The maximum Gasteiger partial charge on any atom is 0.159 e. The van der Waals surface area contributed by atoms with Crippen LogP contribution in [0.4, 0.5) is 23.0 Å². The predicted octanol–water partition coefficient (Wildman–Crippen LogP) is 4.09. The molecule has 0 saturated carbocycles. The lowest BCUT2D eigenvalue weighted by atomic mass is 9.79. The largest absolute Gasteiger partial charge is 0.393 e. The van der Waals surface area contributed by atoms with Crippen molar-refractivity contribution in [3.63, 3.8) is 0 Å². The molecule has 6 heteroatoms. The molecule has 0 spiro atoms. The number of nitrogen functional groups attached to an aromatic ring is 1. The van der Waals surface area contributed by atoms with Gasteiger partial charge in [0.25, 0.3) is 0 Å². The van der Waals surface area contributed by atoms with Gasteiger partial charge in [-0.3, -0.25) is 0 Å². The van der Waals surface area contributed by atoms with Crippen molar-refractivity contribution in [1.82, 2.24) is 15.3 Å². The number of hydrogen-bond acceptors (Lipinski definition) is 6. The Kier molecular flexibility index (Phi) is 5.29. The van der Waals surface area contributed by atoms with E-state index in [0.717, 1.165) is 24.9 Å². The molecular formula is C21H32N6. The Hall–Kier alpha value is -2.34. The van der Waals surface area contributed by atoms with E-state index in [2.05, 4.69) is 72.7 Å². The number of aromatic nitrogens is 2. The second kappa shape index (κ2) is 7.35. The van der Waals surface area contributed by atoms with Gasteiger partial charge in [0.05, 0.1) is 0 Å². The highest BCUT2D eigenvalue weighted by atomic mass is 15.1. The molecule has 1 aromatic heterocycles. The standard InChI is InChI=1S/C21H32N6/c1-6-14-7-9-15(10-8-14)25-18-17(22)19(24-13-23-18)26-16-11-20(2,3)27-21(4,5)12-16/h7-10,13,16,27H,6,11-12,22H2,1-5H3,(H2,23,24,25,26). The molecule has 0 amide bonds. The minimum Gasteiger partial charge on any atom is -0.393 e. The molecule has 0 bridgehead atoms. The number of nitrogens with one attached hydrogen (secondary N) is 3. The summed E-state index contributed by atoms with van der Waals surface area (Å²) in [5.41, 5.74) is 9.31. The first-order valence-electron chi connectivity index (χ1n) is 9.70. The first kappa shape index (κ1) is 19.4. The van der Waals surface area contributed by atoms with Crippen molar-refractivity contribution in [3.8, 4) is 0 Å². The number of hydrogen-bond donors (Lipinski definition) is 4. The van der Waals surface area contributed by atoms with Crippen LogP contribution in [0.25, 0.3) is 0 Å². The molecule has 1 fully saturated rings. The molecular weight excluding hydrogens is 336 g/mol. The smallest absolute Gasteiger partial charge is 0.159 e. The van der Waals surface area contributed by atoms with Gasteiger partial charge < -0.3 is 21.7 Å². The predicted molar refractivity (Wildman–Crippen MR) is 113 cm³/mol. The summed E-state index contributed by atoms with van der Waals surface area (Å²) in [5.74, 6) is 1.32. The first-order valence-corrected chi connectivity index (χ1v) is 9.70. The lowest BCUT2D eigenvalue weighted by Crippen LogP contribution is -2.60. The van der Waals surface area contributed by atoms with Crippen LogP contribution in [0.15, 0.2) is 30.6 Å². The fraction of sp³-hybridized carbons (Fsp3) is 0.524. The fourth-order valence-corrected chi connectivity index (χ4v) is 4.19. The number of piperidine rings is 1. The van der Waals surface area contributed by atoms with Gasteiger partial charge in [-0.05, 0) is 64.7 Å². The summed E-state index contributed by atoms with van der Waals surface area (Å²) >= 11 is 0. The Morgan fingerprint density at radius 1 is 1.04 bits per heavy atom. The summed E-state index contributed by atoms with van der Waals surface area (Å²) < 4.78 is 0. The van der Waals surface area contributed by atoms with Crippen LogP contribution >= 0.6 is 0 Å². The molecule has 0 atom stereocenters. The van der Waals surface area contributed by atoms with Crippen molar-refractivity contribution in [1.29, 1.82) is 0 Å². The number of aryl methyl sites for hydroxylation is 1. The van der Waals surface area contributed by atoms with Gasteiger partial charge in [-0.2, -0.15) is 0 Å². The van der Waals surface area contributed by atoms with Gasteiger partial charge in [-0.25, -0.2) is 9.97 Å². The zero-order valence-corrected chi connectivity index (χ0v) is 17.1. The van der Waals surface area contributed by atoms with Gasteiger partial charge in [0.15, 0.2) is 11.6 Å². The summed E-state index contributed by atoms with van der Waals surface area (Å²) in [6, 6.07) is 8.61. The average molecular weight is 369 g/mol. The summed E-state index contributed by atoms with van der Waals surface area (Å²) in [5, 5.41) is 10.6. The van der Waals surface area contributed by atoms with Crippen LogP contribution in [0.5, 0.6) is 0 Å². The summed E-state index contributed by atoms with van der Waals surface area (Å²) in [6.07, 6.45) is 4.58. The van der Waals surface area contributed by atoms with Crippen LogP contribution in [-0.2, 0) is 6.42 Å². The van der Waals surface area contributed by atoms with Crippen molar-refractivity contribution in [2.75, 3.05) is 16.4 Å². The molecule has 1 aliphatic heterocycles. The highest BCUT2D eigenvalue weighted by Gasteiger charge is 2.37. The van der Waals surface area contributed by atoms with E-state index in [1.165, 1.54) is 5.56 Å². The number of nitrogens with zero attached hydrogens (tertiary/aromatic N) is 2. The highest BCUT2D eigenvalue weighted by Crippen LogP contribution is 2.32. The van der Waals surface area contributed by atoms with Crippen molar-refractivity contribution in [2.45, 2.75) is 71.0 Å². The summed E-state index contributed by atoms with van der Waals surface area (Å²) in [6.45, 7) is 11.1. The second-order valence-corrected chi connectivity index (χ2v) is 8.80. The van der Waals surface area contributed by atoms with Gasteiger partial charge in [0, 0.05) is 22.8 Å². The molecule has 0 radical (unpaired) electrons. The van der Waals surface area contributed by atoms with E-state index < -0.39 is 0 Å². The maximum atomic E-state index is 6.37. The monoisotopic (exact) mass is 368 g/mol. The average Bonchev–Trinajstić information content (AvgIpc) is 2.56. The zero-order chi connectivity index (χ0) is 19.7. The Labute approximate surface area is 162 Å². The third kappa shape index (κ3) is 4.89. The molecule has 5 N–H and O–H groups in total. The maximum absolute atomic E-state index is 6.37. The highest BCUT2D eigenvalue weighted by molar-refractivity contribution is 5.77. The van der Waals surface area contributed by atoms with Crippen LogP contribution in [0.1, 0.15) is 53.0 Å². The third-order valence-corrected chi connectivity index (χ3v) is 5.04. The van der Waals surface area contributed by atoms with Crippen molar-refractivity contribution in [3.05, 3.63) is 36.2 Å². The van der Waals surface area contributed by atoms with Gasteiger partial charge in [0.1, 0.15) is 12.0 Å². The van der Waals surface area contributed by atoms with Gasteiger partial charge >= 0.3 is 0 Å². The molecule has 146 valence electrons. The van der Waals surface area contributed by atoms with Gasteiger partial charge in [0.2, 0.25) is 0 Å². The van der Waals surface area contributed by atoms with Crippen LogP contribution in [0.2, 0.25) is 0 Å². The fourth-order valence-electron chi connectivity index (χ4n) is 4.19. The van der Waals surface area contributed by atoms with Crippen LogP contribution in [-0.4, -0.2) is 27.1 Å². The Bertz CT molecular complexity index is 766. The number of benzene rings is 1. The Morgan fingerprint density at radius 2 is 1.63 bits per heavy atom. The Morgan fingerprint density at radius 3 is 2.22 bits per heavy atom. The molecule has 0 aliphatic carbocycles. The minimum atomic E-state index is 0.0588. The van der Waals surface area contributed by atoms with E-state index in [4.69, 9.17) is 5.73 Å². The molecule has 6 nitrogen and oxygen atoms in total. The molecule has 0 unspecified atom stereocenters. The topological polar surface area (TPSA) is 87.9 Å². The van der Waals surface area contributed by atoms with Crippen molar-refractivity contribution < 1.29 is 0 Å². The van der Waals surface area contributed by atoms with Crippen LogP contribution < -0.4 is 21.7 Å². The molecule has 2 heterocycles. The van der Waals surface area contributed by atoms with E-state index >= 15 is 0 Å². The lowest BCUT2D eigenvalue weighted by Gasteiger charge is -2.46. The van der Waals surface area contributed by atoms with E-state index in [0.29, 0.717) is 23.4 Å². The van der Waals surface area contributed by atoms with Crippen molar-refractivity contribution in [2.24, 2.45) is 0 Å². The van der Waals surface area contributed by atoms with E-state index in [-0.39, 0.29) is 11.1 Å². The molecule has 2 aromatic rings. The molecule has 1 aliphatic rings. The third-order valence-electron chi connectivity index (χ3n) is 5.04. The minimum absolute atomic E-state index is 0.0588. The lowest BCUT2D eigenvalue weighted by molar-refractivity contribution is 0.170. The van der Waals surface area contributed by atoms with Gasteiger partial charge in [-0.15, -0.1) is 0 Å². The number of anilines is 4. The summed E-state index contributed by atoms with van der Waals surface area (Å²) in [4.78, 5) is 8.72. The van der Waals surface area contributed by atoms with Crippen LogP contribution in [0.3, 0.4) is 0 Å². The first-order chi connectivity index (χ1) is 12.7. The SMILES string of the molecule is CCc1ccc(Nc2ncnc(NC3CC(C)(C)NC(C)(C)C3)c2N)cc1. The zero-order valence-electron chi connectivity index (χ0n) is 17.1. The quantitative estimate of drug-likeness (QED) is 0.636. The number of nitrogens with two attached hydrogens (primary N) is 1. The van der Waals surface area contributed by atoms with Crippen LogP contribution in [0, 0.1) is 0 Å². The molecule has 1 saturated heterocycles. The van der Waals surface area contributed by atoms with Crippen molar-refractivity contribution >= 4 is 23.0 Å². The molecule has 27 heavy (non-hydrogen) atoms. The van der Waals surface area contributed by atoms with E-state index in [1.54, 1.807) is 6.33 Å². The van der Waals surface area contributed by atoms with E-state index in [9.17, 15) is 0 Å². The normalized spacial score (nSPS) is 18.9. The van der Waals surface area contributed by atoms with E-state index in [1.807, 2.05) is 12.1 Å². The second-order valence-electron chi connectivity index (χ2n) is 8.80. The van der Waals surface area contributed by atoms with Gasteiger partial charge in [-0.1, -0.05) is 19.1 Å². The molecule has 1 aromatic carbocycles. The molecule has 3 rings (SSSR count). The summed E-state index contributed by atoms with van der Waals surface area (Å²) in [7, 11) is 0.